The third-order valence-corrected chi connectivity index (χ3v) is 3.28. The van der Waals surface area contributed by atoms with Gasteiger partial charge in [0.25, 0.3) is 5.91 Å². The van der Waals surface area contributed by atoms with E-state index in [2.05, 4.69) is 17.6 Å². The van der Waals surface area contributed by atoms with Crippen molar-refractivity contribution >= 4 is 30.1 Å². The van der Waals surface area contributed by atoms with Gasteiger partial charge in [0.05, 0.1) is 10.6 Å². The van der Waals surface area contributed by atoms with Crippen LogP contribution in [0.3, 0.4) is 0 Å². The second-order valence-corrected chi connectivity index (χ2v) is 5.11. The predicted octanol–water partition coefficient (Wildman–Crippen LogP) is 3.30. The molecule has 1 aromatic carbocycles. The lowest BCUT2D eigenvalue weighted by atomic mass is 10.2. The molecule has 2 rings (SSSR count). The highest BCUT2D eigenvalue weighted by Gasteiger charge is 2.15. The fourth-order valence-corrected chi connectivity index (χ4v) is 2.12. The molecule has 0 N–H and O–H groups in total. The molecule has 0 saturated heterocycles. The maximum atomic E-state index is 12.3. The highest BCUT2D eigenvalue weighted by Crippen LogP contribution is 2.21. The van der Waals surface area contributed by atoms with Crippen LogP contribution in [-0.4, -0.2) is 22.8 Å². The van der Waals surface area contributed by atoms with Gasteiger partial charge in [0, 0.05) is 30.9 Å². The minimum atomic E-state index is -0.134. The molecule has 0 aliphatic carbocycles. The van der Waals surface area contributed by atoms with E-state index >= 15 is 0 Å². The third-order valence-electron chi connectivity index (χ3n) is 2.67. The van der Waals surface area contributed by atoms with Crippen molar-refractivity contribution in [2.45, 2.75) is 11.4 Å². The number of aromatic nitrogens is 1. The molecule has 0 spiro atoms. The van der Waals surface area contributed by atoms with Crippen LogP contribution in [0.25, 0.3) is 0 Å². The van der Waals surface area contributed by atoms with Crippen molar-refractivity contribution in [3.63, 3.8) is 0 Å². The molecule has 0 atom stereocenters. The van der Waals surface area contributed by atoms with Gasteiger partial charge in [-0.05, 0) is 29.8 Å². The summed E-state index contributed by atoms with van der Waals surface area (Å²) in [5, 5.41) is 0.431. The van der Waals surface area contributed by atoms with E-state index in [1.807, 2.05) is 12.1 Å². The number of hydrogen-bond acceptors (Lipinski definition) is 3. The average molecular weight is 293 g/mol. The largest absolute Gasteiger partial charge is 0.337 e. The molecule has 5 heteroatoms. The van der Waals surface area contributed by atoms with Crippen molar-refractivity contribution in [1.29, 1.82) is 0 Å². The number of carbonyl (C=O) groups excluding carboxylic acids is 1. The summed E-state index contributed by atoms with van der Waals surface area (Å²) >= 11 is 10.3. The van der Waals surface area contributed by atoms with Gasteiger partial charge in [0.15, 0.2) is 0 Å². The summed E-state index contributed by atoms with van der Waals surface area (Å²) < 4.78 is 0. The van der Waals surface area contributed by atoms with E-state index in [1.165, 1.54) is 0 Å². The van der Waals surface area contributed by atoms with Gasteiger partial charge < -0.3 is 4.90 Å². The fourth-order valence-electron chi connectivity index (χ4n) is 1.72. The van der Waals surface area contributed by atoms with Gasteiger partial charge in [-0.25, -0.2) is 0 Å². The van der Waals surface area contributed by atoms with Crippen LogP contribution in [0, 0.1) is 0 Å². The summed E-state index contributed by atoms with van der Waals surface area (Å²) in [6, 6.07) is 8.87. The van der Waals surface area contributed by atoms with Gasteiger partial charge >= 0.3 is 0 Å². The van der Waals surface area contributed by atoms with Crippen molar-refractivity contribution in [3.05, 3.63) is 58.9 Å². The van der Waals surface area contributed by atoms with E-state index in [9.17, 15) is 4.79 Å². The molecule has 0 aliphatic rings. The number of benzene rings is 1. The Morgan fingerprint density at radius 3 is 2.89 bits per heavy atom. The second-order valence-electron chi connectivity index (χ2n) is 4.19. The zero-order valence-corrected chi connectivity index (χ0v) is 12.0. The molecular weight excluding hydrogens is 280 g/mol. The van der Waals surface area contributed by atoms with E-state index < -0.39 is 0 Å². The number of pyridine rings is 1. The quantitative estimate of drug-likeness (QED) is 0.881. The van der Waals surface area contributed by atoms with E-state index in [1.54, 1.807) is 42.5 Å². The van der Waals surface area contributed by atoms with Gasteiger partial charge in [-0.3, -0.25) is 9.78 Å². The van der Waals surface area contributed by atoms with Crippen LogP contribution < -0.4 is 0 Å². The van der Waals surface area contributed by atoms with Gasteiger partial charge in [-0.15, -0.1) is 12.6 Å². The molecule has 0 bridgehead atoms. The Balaban J connectivity index is 2.17. The molecule has 0 saturated carbocycles. The molecule has 1 amide bonds. The van der Waals surface area contributed by atoms with Crippen molar-refractivity contribution in [3.8, 4) is 0 Å². The topological polar surface area (TPSA) is 33.2 Å². The Morgan fingerprint density at radius 2 is 2.21 bits per heavy atom. The monoisotopic (exact) mass is 292 g/mol. The number of halogens is 1. The van der Waals surface area contributed by atoms with Crippen molar-refractivity contribution in [2.75, 3.05) is 7.05 Å². The standard InChI is InChI=1S/C14H13ClN2OS/c1-17(9-10-3-2-6-16-8-10)14(18)12-7-11(19)4-5-13(12)15/h2-8,19H,9H2,1H3. The Kier molecular flexibility index (Phi) is 4.45. The minimum absolute atomic E-state index is 0.134. The summed E-state index contributed by atoms with van der Waals surface area (Å²) in [4.78, 5) is 18.6. The van der Waals surface area contributed by atoms with Crippen LogP contribution in [0.4, 0.5) is 0 Å². The summed E-state index contributed by atoms with van der Waals surface area (Å²) in [5.41, 5.74) is 1.43. The van der Waals surface area contributed by atoms with Crippen molar-refractivity contribution < 1.29 is 4.79 Å². The molecule has 1 aromatic heterocycles. The fraction of sp³-hybridized carbons (Fsp3) is 0.143. The first-order chi connectivity index (χ1) is 9.08. The summed E-state index contributed by atoms with van der Waals surface area (Å²) in [6.07, 6.45) is 3.44. The number of thiol groups is 1. The lowest BCUT2D eigenvalue weighted by molar-refractivity contribution is 0.0785. The molecule has 0 unspecified atom stereocenters. The molecular formula is C14H13ClN2OS. The highest BCUT2D eigenvalue weighted by atomic mass is 35.5. The molecule has 19 heavy (non-hydrogen) atoms. The summed E-state index contributed by atoms with van der Waals surface area (Å²) in [5.74, 6) is -0.134. The Labute approximate surface area is 122 Å². The maximum Gasteiger partial charge on any atom is 0.255 e. The van der Waals surface area contributed by atoms with Crippen molar-refractivity contribution in [2.24, 2.45) is 0 Å². The molecule has 3 nitrogen and oxygen atoms in total. The van der Waals surface area contributed by atoms with Gasteiger partial charge in [-0.2, -0.15) is 0 Å². The van der Waals surface area contributed by atoms with Gasteiger partial charge in [-0.1, -0.05) is 17.7 Å². The zero-order valence-electron chi connectivity index (χ0n) is 10.4. The predicted molar refractivity (Wildman–Crippen MR) is 78.7 cm³/mol. The molecule has 1 heterocycles. The first-order valence-corrected chi connectivity index (χ1v) is 6.53. The van der Waals surface area contributed by atoms with E-state index in [-0.39, 0.29) is 5.91 Å². The third kappa shape index (κ3) is 3.49. The number of rotatable bonds is 3. The number of nitrogens with zero attached hydrogens (tertiary/aromatic N) is 2. The van der Waals surface area contributed by atoms with Crippen LogP contribution in [-0.2, 0) is 6.54 Å². The van der Waals surface area contributed by atoms with Crippen LogP contribution >= 0.6 is 24.2 Å². The maximum absolute atomic E-state index is 12.3. The number of amides is 1. The Bertz CT molecular complexity index is 589. The summed E-state index contributed by atoms with van der Waals surface area (Å²) in [6.45, 7) is 0.486. The highest BCUT2D eigenvalue weighted by molar-refractivity contribution is 7.80. The average Bonchev–Trinajstić information content (AvgIpc) is 2.42. The van der Waals surface area contributed by atoms with E-state index in [0.717, 1.165) is 5.56 Å². The van der Waals surface area contributed by atoms with Crippen LogP contribution in [0.5, 0.6) is 0 Å². The van der Waals surface area contributed by atoms with E-state index in [0.29, 0.717) is 22.0 Å². The van der Waals surface area contributed by atoms with E-state index in [4.69, 9.17) is 11.6 Å². The van der Waals surface area contributed by atoms with Gasteiger partial charge in [0.2, 0.25) is 0 Å². The van der Waals surface area contributed by atoms with Gasteiger partial charge in [0.1, 0.15) is 0 Å². The smallest absolute Gasteiger partial charge is 0.255 e. The molecule has 0 aliphatic heterocycles. The van der Waals surface area contributed by atoms with Crippen LogP contribution in [0.2, 0.25) is 5.02 Å². The SMILES string of the molecule is CN(Cc1cccnc1)C(=O)c1cc(S)ccc1Cl. The van der Waals surface area contributed by atoms with Crippen LogP contribution in [0.1, 0.15) is 15.9 Å². The Hall–Kier alpha value is -1.52. The van der Waals surface area contributed by atoms with Crippen LogP contribution in [0.15, 0.2) is 47.6 Å². The lowest BCUT2D eigenvalue weighted by Crippen LogP contribution is -2.26. The zero-order chi connectivity index (χ0) is 13.8. The Morgan fingerprint density at radius 1 is 1.42 bits per heavy atom. The van der Waals surface area contributed by atoms with Crippen molar-refractivity contribution in [1.82, 2.24) is 9.88 Å². The molecule has 0 fully saturated rings. The normalized spacial score (nSPS) is 10.3. The molecule has 2 aromatic rings. The first-order valence-electron chi connectivity index (χ1n) is 5.71. The number of carbonyl (C=O) groups is 1. The second kappa shape index (κ2) is 6.08. The lowest BCUT2D eigenvalue weighted by Gasteiger charge is -2.18. The first kappa shape index (κ1) is 13.9. The summed E-state index contributed by atoms with van der Waals surface area (Å²) in [7, 11) is 1.73. The molecule has 98 valence electrons. The number of hydrogen-bond donors (Lipinski definition) is 1. The molecule has 0 radical (unpaired) electrons. The minimum Gasteiger partial charge on any atom is -0.337 e.